The van der Waals surface area contributed by atoms with Crippen LogP contribution in [0, 0.1) is 0 Å². The van der Waals surface area contributed by atoms with E-state index in [0.29, 0.717) is 64.6 Å². The van der Waals surface area contributed by atoms with Crippen molar-refractivity contribution in [2.75, 3.05) is 23.7 Å². The van der Waals surface area contributed by atoms with Crippen molar-refractivity contribution in [3.63, 3.8) is 0 Å². The molecule has 2 aromatic carbocycles. The van der Waals surface area contributed by atoms with Gasteiger partial charge in [-0.3, -0.25) is 33.6 Å². The van der Waals surface area contributed by atoms with Gasteiger partial charge >= 0.3 is 6.16 Å². The Bertz CT molecular complexity index is 1470. The second-order valence-corrected chi connectivity index (χ2v) is 11.5. The van der Waals surface area contributed by atoms with Crippen molar-refractivity contribution in [1.29, 1.82) is 0 Å². The van der Waals surface area contributed by atoms with E-state index in [-0.39, 0.29) is 62.2 Å². The summed E-state index contributed by atoms with van der Waals surface area (Å²) in [7, 11) is 0. The maximum absolute atomic E-state index is 12.9. The first-order chi connectivity index (χ1) is 23.1. The molecule has 0 bridgehead atoms. The maximum atomic E-state index is 12.9. The third-order valence-corrected chi connectivity index (χ3v) is 7.67. The molecule has 1 aliphatic carbocycles. The summed E-state index contributed by atoms with van der Waals surface area (Å²) < 4.78 is 5.67. The minimum absolute atomic E-state index is 0.0832. The van der Waals surface area contributed by atoms with E-state index in [0.717, 1.165) is 12.8 Å². The Morgan fingerprint density at radius 3 is 1.56 bits per heavy atom. The number of ether oxygens (including phenoxy) is 1. The number of benzene rings is 2. The molecule has 4 N–H and O–H groups in total. The summed E-state index contributed by atoms with van der Waals surface area (Å²) in [6, 6.07) is 10.2. The van der Waals surface area contributed by atoms with E-state index in [1.54, 1.807) is 36.4 Å². The molecule has 256 valence electrons. The van der Waals surface area contributed by atoms with Crippen LogP contribution >= 0.6 is 0 Å². The van der Waals surface area contributed by atoms with Gasteiger partial charge in [-0.2, -0.15) is 0 Å². The van der Waals surface area contributed by atoms with Crippen LogP contribution in [-0.2, 0) is 38.3 Å². The standard InChI is InChI=1S/C34H41N5O9/c1-3-17-35-27(40)7-5-9-29(42)37-21-11-13-23-24-14-12-22(38-30(43)10-6-8-28(41)36-18-4-2)20-26(24)33(25(23)19-21)47-34(46)48-39-31(44)15-16-32(39)45/h11-14,19-20,33H,3-10,15-18H2,1-2H3,(H,35,40)(H,36,41)(H,37,42)(H,38,43). The van der Waals surface area contributed by atoms with E-state index in [9.17, 15) is 33.6 Å². The number of anilines is 2. The number of amides is 6. The van der Waals surface area contributed by atoms with E-state index in [1.807, 2.05) is 13.8 Å². The minimum Gasteiger partial charge on any atom is -0.420 e. The fourth-order valence-corrected chi connectivity index (χ4v) is 5.32. The topological polar surface area (TPSA) is 189 Å². The third kappa shape index (κ3) is 9.62. The third-order valence-electron chi connectivity index (χ3n) is 7.67. The maximum Gasteiger partial charge on any atom is 0.534 e. The highest BCUT2D eigenvalue weighted by molar-refractivity contribution is 6.01. The predicted molar refractivity (Wildman–Crippen MR) is 174 cm³/mol. The molecule has 2 aromatic rings. The molecule has 0 atom stereocenters. The highest BCUT2D eigenvalue weighted by Crippen LogP contribution is 2.47. The molecule has 2 aliphatic rings. The lowest BCUT2D eigenvalue weighted by Gasteiger charge is -2.18. The van der Waals surface area contributed by atoms with Crippen LogP contribution in [0.2, 0.25) is 0 Å². The number of carbonyl (C=O) groups excluding carboxylic acids is 7. The molecule has 48 heavy (non-hydrogen) atoms. The Morgan fingerprint density at radius 1 is 0.688 bits per heavy atom. The van der Waals surface area contributed by atoms with E-state index in [2.05, 4.69) is 21.3 Å². The lowest BCUT2D eigenvalue weighted by Crippen LogP contribution is -2.32. The highest BCUT2D eigenvalue weighted by Gasteiger charge is 2.37. The first-order valence-corrected chi connectivity index (χ1v) is 16.2. The van der Waals surface area contributed by atoms with Crippen LogP contribution in [0.4, 0.5) is 16.2 Å². The van der Waals surface area contributed by atoms with Crippen molar-refractivity contribution in [2.24, 2.45) is 0 Å². The number of carbonyl (C=O) groups is 7. The molecule has 0 aromatic heterocycles. The summed E-state index contributed by atoms with van der Waals surface area (Å²) >= 11 is 0. The summed E-state index contributed by atoms with van der Waals surface area (Å²) in [4.78, 5) is 90.9. The van der Waals surface area contributed by atoms with Gasteiger partial charge in [-0.15, -0.1) is 0 Å². The number of imide groups is 1. The SMILES string of the molecule is CCCNC(=O)CCCC(=O)Nc1ccc2c(c1)C(OC(=O)ON1C(=O)CCC1=O)c1cc(NC(=O)CCCC(=O)NCCC)ccc1-2. The molecular formula is C34H41N5O9. The summed E-state index contributed by atoms with van der Waals surface area (Å²) in [6.45, 7) is 5.07. The Kier molecular flexibility index (Phi) is 12.6. The smallest absolute Gasteiger partial charge is 0.420 e. The van der Waals surface area contributed by atoms with Gasteiger partial charge in [-0.05, 0) is 61.1 Å². The number of hydrogen-bond acceptors (Lipinski definition) is 9. The molecule has 1 saturated heterocycles. The van der Waals surface area contributed by atoms with Crippen molar-refractivity contribution < 1.29 is 43.1 Å². The monoisotopic (exact) mass is 663 g/mol. The van der Waals surface area contributed by atoms with Crippen LogP contribution in [0.3, 0.4) is 0 Å². The van der Waals surface area contributed by atoms with E-state index in [4.69, 9.17) is 9.57 Å². The van der Waals surface area contributed by atoms with Gasteiger partial charge in [0.05, 0.1) is 0 Å². The summed E-state index contributed by atoms with van der Waals surface area (Å²) in [5, 5.41) is 11.6. The molecule has 0 radical (unpaired) electrons. The quantitative estimate of drug-likeness (QED) is 0.150. The Balaban J connectivity index is 1.48. The summed E-state index contributed by atoms with van der Waals surface area (Å²) in [5.41, 5.74) is 3.23. The van der Waals surface area contributed by atoms with Gasteiger partial charge in [0.25, 0.3) is 11.8 Å². The molecule has 6 amide bonds. The Hall–Kier alpha value is -5.27. The highest BCUT2D eigenvalue weighted by atomic mass is 16.8. The molecule has 0 unspecified atom stereocenters. The van der Waals surface area contributed by atoms with E-state index in [1.165, 1.54) is 0 Å². The lowest BCUT2D eigenvalue weighted by atomic mass is 10.0. The van der Waals surface area contributed by atoms with Gasteiger partial charge in [0.1, 0.15) is 0 Å². The van der Waals surface area contributed by atoms with Crippen LogP contribution in [0.15, 0.2) is 36.4 Å². The molecule has 1 heterocycles. The van der Waals surface area contributed by atoms with Crippen LogP contribution < -0.4 is 21.3 Å². The number of rotatable bonds is 16. The Morgan fingerprint density at radius 2 is 1.12 bits per heavy atom. The van der Waals surface area contributed by atoms with Gasteiger partial charge < -0.3 is 26.0 Å². The van der Waals surface area contributed by atoms with Crippen molar-refractivity contribution in [2.45, 2.75) is 84.2 Å². The molecule has 14 nitrogen and oxygen atoms in total. The first kappa shape index (κ1) is 35.6. The van der Waals surface area contributed by atoms with Crippen LogP contribution in [-0.4, -0.2) is 59.8 Å². The van der Waals surface area contributed by atoms with Crippen molar-refractivity contribution >= 4 is 53.0 Å². The second kappa shape index (κ2) is 17.0. The van der Waals surface area contributed by atoms with Gasteiger partial charge in [0.15, 0.2) is 6.10 Å². The van der Waals surface area contributed by atoms with Crippen molar-refractivity contribution in [3.05, 3.63) is 47.5 Å². The zero-order valence-corrected chi connectivity index (χ0v) is 27.1. The lowest BCUT2D eigenvalue weighted by molar-refractivity contribution is -0.178. The predicted octanol–water partition coefficient (Wildman–Crippen LogP) is 4.24. The van der Waals surface area contributed by atoms with Gasteiger partial charge in [-0.25, -0.2) is 4.79 Å². The van der Waals surface area contributed by atoms with Crippen LogP contribution in [0.5, 0.6) is 0 Å². The minimum atomic E-state index is -1.28. The molecular weight excluding hydrogens is 622 g/mol. The average Bonchev–Trinajstić information content (AvgIpc) is 3.53. The van der Waals surface area contributed by atoms with E-state index < -0.39 is 24.1 Å². The summed E-state index contributed by atoms with van der Waals surface area (Å²) in [5.74, 6) is -2.16. The molecule has 4 rings (SSSR count). The normalized spacial score (nSPS) is 13.4. The fourth-order valence-electron chi connectivity index (χ4n) is 5.32. The zero-order valence-electron chi connectivity index (χ0n) is 27.1. The Labute approximate surface area is 278 Å². The van der Waals surface area contributed by atoms with Crippen molar-refractivity contribution in [3.8, 4) is 11.1 Å². The number of hydrogen-bond donors (Lipinski definition) is 4. The molecule has 0 spiro atoms. The molecule has 1 aliphatic heterocycles. The van der Waals surface area contributed by atoms with Crippen LogP contribution in [0.1, 0.15) is 95.3 Å². The number of nitrogens with one attached hydrogen (secondary N) is 4. The van der Waals surface area contributed by atoms with E-state index >= 15 is 0 Å². The second-order valence-electron chi connectivity index (χ2n) is 11.5. The number of hydroxylamine groups is 2. The number of fused-ring (bicyclic) bond motifs is 3. The molecule has 1 fully saturated rings. The van der Waals surface area contributed by atoms with Gasteiger partial charge in [-0.1, -0.05) is 31.0 Å². The van der Waals surface area contributed by atoms with Crippen LogP contribution in [0.25, 0.3) is 11.1 Å². The first-order valence-electron chi connectivity index (χ1n) is 16.2. The fraction of sp³-hybridized carbons (Fsp3) is 0.441. The summed E-state index contributed by atoms with van der Waals surface area (Å²) in [6.07, 6.45) is 0.529. The average molecular weight is 664 g/mol. The molecule has 14 heteroatoms. The van der Waals surface area contributed by atoms with Gasteiger partial charge in [0, 0.05) is 74.1 Å². The number of nitrogens with zero attached hydrogens (tertiary/aromatic N) is 1. The van der Waals surface area contributed by atoms with Crippen molar-refractivity contribution in [1.82, 2.24) is 15.7 Å². The van der Waals surface area contributed by atoms with Gasteiger partial charge in [0.2, 0.25) is 23.6 Å². The zero-order chi connectivity index (χ0) is 34.6. The largest absolute Gasteiger partial charge is 0.534 e. The molecule has 0 saturated carbocycles.